The Balaban J connectivity index is 2.96. The molecular weight excluding hydrogens is 147 g/mol. The van der Waals surface area contributed by atoms with Gasteiger partial charge in [0.15, 0.2) is 5.69 Å². The summed E-state index contributed by atoms with van der Waals surface area (Å²) in [5, 5.41) is 2.79. The van der Waals surface area contributed by atoms with Crippen molar-refractivity contribution in [3.63, 3.8) is 0 Å². The lowest BCUT2D eigenvalue weighted by Gasteiger charge is -1.97. The first-order valence-electron chi connectivity index (χ1n) is 2.50. The van der Waals surface area contributed by atoms with E-state index >= 15 is 0 Å². The van der Waals surface area contributed by atoms with E-state index in [0.29, 0.717) is 0 Å². The zero-order valence-electron chi connectivity index (χ0n) is 5.07. The predicted octanol–water partition coefficient (Wildman–Crippen LogP) is 2.00. The highest BCUT2D eigenvalue weighted by atomic mass is 19.4. The van der Waals surface area contributed by atoms with Crippen molar-refractivity contribution in [1.29, 1.82) is 0 Å². The van der Waals surface area contributed by atoms with Gasteiger partial charge < -0.3 is 4.52 Å². The zero-order chi connectivity index (χ0) is 7.78. The molecule has 5 heteroatoms. The molecule has 0 fully saturated rings. The lowest BCUT2D eigenvalue weighted by molar-refractivity contribution is -0.142. The molecule has 1 aromatic heterocycles. The van der Waals surface area contributed by atoms with Crippen molar-refractivity contribution < 1.29 is 17.7 Å². The number of aryl methyl sites for hydroxylation is 1. The summed E-state index contributed by atoms with van der Waals surface area (Å²) < 4.78 is 39.3. The van der Waals surface area contributed by atoms with Gasteiger partial charge in [-0.3, -0.25) is 0 Å². The third kappa shape index (κ3) is 1.29. The highest BCUT2D eigenvalue weighted by Crippen LogP contribution is 2.27. The van der Waals surface area contributed by atoms with Crippen molar-refractivity contribution in [1.82, 2.24) is 5.16 Å². The summed E-state index contributed by atoms with van der Waals surface area (Å²) in [6.07, 6.45) is -4.39. The second kappa shape index (κ2) is 2.00. The molecule has 1 heterocycles. The van der Waals surface area contributed by atoms with Crippen LogP contribution in [-0.2, 0) is 6.18 Å². The van der Waals surface area contributed by atoms with Gasteiger partial charge in [0.25, 0.3) is 0 Å². The van der Waals surface area contributed by atoms with E-state index in [1.165, 1.54) is 6.92 Å². The van der Waals surface area contributed by atoms with Crippen molar-refractivity contribution in [2.45, 2.75) is 13.1 Å². The van der Waals surface area contributed by atoms with Crippen LogP contribution in [0.5, 0.6) is 0 Å². The van der Waals surface area contributed by atoms with Gasteiger partial charge in [-0.2, -0.15) is 13.2 Å². The molecule has 10 heavy (non-hydrogen) atoms. The normalized spacial score (nSPS) is 12.0. The second-order valence-corrected chi connectivity index (χ2v) is 1.82. The van der Waals surface area contributed by atoms with E-state index in [4.69, 9.17) is 0 Å². The van der Waals surface area contributed by atoms with E-state index in [1.54, 1.807) is 0 Å². The van der Waals surface area contributed by atoms with Crippen LogP contribution >= 0.6 is 0 Å². The average Bonchev–Trinajstić information content (AvgIpc) is 2.11. The van der Waals surface area contributed by atoms with Gasteiger partial charge in [0.1, 0.15) is 5.76 Å². The number of nitrogens with zero attached hydrogens (tertiary/aromatic N) is 1. The predicted molar refractivity (Wildman–Crippen MR) is 26.2 cm³/mol. The van der Waals surface area contributed by atoms with Gasteiger partial charge in [0, 0.05) is 6.07 Å². The fourth-order valence-corrected chi connectivity index (χ4v) is 0.500. The molecule has 0 aliphatic heterocycles. The van der Waals surface area contributed by atoms with Crippen molar-refractivity contribution in [3.8, 4) is 0 Å². The van der Waals surface area contributed by atoms with E-state index < -0.39 is 11.9 Å². The molecule has 0 saturated heterocycles. The number of halogens is 3. The number of rotatable bonds is 0. The second-order valence-electron chi connectivity index (χ2n) is 1.82. The van der Waals surface area contributed by atoms with Crippen molar-refractivity contribution in [2.24, 2.45) is 0 Å². The summed E-state index contributed by atoms with van der Waals surface area (Å²) in [6.45, 7) is 1.40. The minimum Gasteiger partial charge on any atom is -0.361 e. The zero-order valence-corrected chi connectivity index (χ0v) is 5.07. The standard InChI is InChI=1S/C5H4F3NO/c1-3-2-4(9-10-3)5(6,7)8/h2H,1H3. The molecule has 0 bridgehead atoms. The van der Waals surface area contributed by atoms with Gasteiger partial charge in [-0.05, 0) is 6.92 Å². The molecule has 0 spiro atoms. The summed E-state index contributed by atoms with van der Waals surface area (Å²) in [5.41, 5.74) is -0.981. The van der Waals surface area contributed by atoms with Gasteiger partial charge >= 0.3 is 6.18 Å². The maximum Gasteiger partial charge on any atom is 0.436 e. The molecule has 0 saturated carbocycles. The molecule has 1 aromatic rings. The monoisotopic (exact) mass is 151 g/mol. The third-order valence-electron chi connectivity index (χ3n) is 0.918. The molecule has 0 unspecified atom stereocenters. The minimum atomic E-state index is -4.39. The molecule has 0 aliphatic carbocycles. The van der Waals surface area contributed by atoms with Crippen LogP contribution in [0.15, 0.2) is 10.6 Å². The van der Waals surface area contributed by atoms with Crippen LogP contribution in [0.25, 0.3) is 0 Å². The van der Waals surface area contributed by atoms with Crippen LogP contribution in [0, 0.1) is 6.92 Å². The van der Waals surface area contributed by atoms with Crippen LogP contribution in [0.4, 0.5) is 13.2 Å². The number of hydrogen-bond acceptors (Lipinski definition) is 2. The lowest BCUT2D eigenvalue weighted by Crippen LogP contribution is -2.04. The number of hydrogen-bond donors (Lipinski definition) is 0. The quantitative estimate of drug-likeness (QED) is 0.566. The Labute approximate surface area is 54.6 Å². The third-order valence-corrected chi connectivity index (χ3v) is 0.918. The van der Waals surface area contributed by atoms with Gasteiger partial charge in [0.2, 0.25) is 0 Å². The van der Waals surface area contributed by atoms with Crippen molar-refractivity contribution in [2.75, 3.05) is 0 Å². The van der Waals surface area contributed by atoms with E-state index in [2.05, 4.69) is 9.68 Å². The van der Waals surface area contributed by atoms with Gasteiger partial charge in [-0.1, -0.05) is 5.16 Å². The molecule has 0 aliphatic rings. The van der Waals surface area contributed by atoms with Crippen molar-refractivity contribution >= 4 is 0 Å². The lowest BCUT2D eigenvalue weighted by atomic mass is 10.4. The van der Waals surface area contributed by atoms with Crippen molar-refractivity contribution in [3.05, 3.63) is 17.5 Å². The largest absolute Gasteiger partial charge is 0.436 e. The molecule has 0 radical (unpaired) electrons. The van der Waals surface area contributed by atoms with Crippen LogP contribution in [0.1, 0.15) is 11.5 Å². The maximum absolute atomic E-state index is 11.7. The summed E-state index contributed by atoms with van der Waals surface area (Å²) in [6, 6.07) is 0.847. The molecule has 0 N–H and O–H groups in total. The molecule has 0 aromatic carbocycles. The van der Waals surface area contributed by atoms with Gasteiger partial charge in [-0.15, -0.1) is 0 Å². The topological polar surface area (TPSA) is 26.0 Å². The Kier molecular flexibility index (Phi) is 1.42. The average molecular weight is 151 g/mol. The molecule has 2 nitrogen and oxygen atoms in total. The number of aromatic nitrogens is 1. The molecule has 1 rings (SSSR count). The highest BCUT2D eigenvalue weighted by molar-refractivity contribution is 5.06. The Morgan fingerprint density at radius 2 is 2.10 bits per heavy atom. The molecule has 0 atom stereocenters. The smallest absolute Gasteiger partial charge is 0.361 e. The summed E-state index contributed by atoms with van der Waals surface area (Å²) in [7, 11) is 0. The van der Waals surface area contributed by atoms with Gasteiger partial charge in [0.05, 0.1) is 0 Å². The highest BCUT2D eigenvalue weighted by Gasteiger charge is 2.34. The first-order chi connectivity index (χ1) is 4.50. The fourth-order valence-electron chi connectivity index (χ4n) is 0.500. The minimum absolute atomic E-state index is 0.160. The summed E-state index contributed by atoms with van der Waals surface area (Å²) >= 11 is 0. The number of alkyl halides is 3. The van der Waals surface area contributed by atoms with E-state index in [0.717, 1.165) is 6.07 Å². The maximum atomic E-state index is 11.7. The van der Waals surface area contributed by atoms with E-state index in [9.17, 15) is 13.2 Å². The van der Waals surface area contributed by atoms with E-state index in [1.807, 2.05) is 0 Å². The molecule has 0 amide bonds. The first kappa shape index (κ1) is 7.11. The summed E-state index contributed by atoms with van der Waals surface area (Å²) in [4.78, 5) is 0. The van der Waals surface area contributed by atoms with Gasteiger partial charge in [-0.25, -0.2) is 0 Å². The van der Waals surface area contributed by atoms with Crippen LogP contribution in [-0.4, -0.2) is 5.16 Å². The van der Waals surface area contributed by atoms with Crippen LogP contribution in [0.2, 0.25) is 0 Å². The first-order valence-corrected chi connectivity index (χ1v) is 2.50. The molecular formula is C5H4F3NO. The Bertz CT molecular complexity index is 227. The van der Waals surface area contributed by atoms with Crippen LogP contribution < -0.4 is 0 Å². The fraction of sp³-hybridized carbons (Fsp3) is 0.400. The molecule has 56 valence electrons. The SMILES string of the molecule is Cc1cc(C(F)(F)F)no1. The Morgan fingerprint density at radius 3 is 2.30 bits per heavy atom. The Morgan fingerprint density at radius 1 is 1.50 bits per heavy atom. The summed E-state index contributed by atoms with van der Waals surface area (Å²) in [5.74, 6) is 0.160. The van der Waals surface area contributed by atoms with E-state index in [-0.39, 0.29) is 5.76 Å². The Hall–Kier alpha value is -1.00. The van der Waals surface area contributed by atoms with Crippen LogP contribution in [0.3, 0.4) is 0 Å².